The molecule has 0 aliphatic carbocycles. The molecule has 2 aromatic heterocycles. The van der Waals surface area contributed by atoms with Crippen molar-refractivity contribution in [2.45, 2.75) is 12.6 Å². The van der Waals surface area contributed by atoms with Gasteiger partial charge in [0, 0.05) is 34.8 Å². The summed E-state index contributed by atoms with van der Waals surface area (Å²) in [6.07, 6.45) is 6.88. The second kappa shape index (κ2) is 6.15. The molecule has 1 unspecified atom stereocenters. The molecular formula is C22H15N4O4+. The molecule has 0 bridgehead atoms. The lowest BCUT2D eigenvalue weighted by atomic mass is 9.89. The van der Waals surface area contributed by atoms with Crippen molar-refractivity contribution in [3.05, 3.63) is 121 Å². The highest BCUT2D eigenvalue weighted by Crippen LogP contribution is 2.45. The molecule has 0 N–H and O–H groups in total. The Hall–Kier alpha value is -4.20. The van der Waals surface area contributed by atoms with E-state index in [0.29, 0.717) is 11.3 Å². The summed E-state index contributed by atoms with van der Waals surface area (Å²) < 4.78 is 12.4. The Morgan fingerprint density at radius 3 is 2.57 bits per heavy atom. The minimum Gasteiger partial charge on any atom is -0.278 e. The number of nitro groups is 2. The molecule has 2 aliphatic rings. The van der Waals surface area contributed by atoms with E-state index < -0.39 is 21.2 Å². The maximum absolute atomic E-state index is 12.0. The number of allylic oxidation sites excluding steroid dienone is 1. The fourth-order valence-corrected chi connectivity index (χ4v) is 4.43. The van der Waals surface area contributed by atoms with E-state index in [1.54, 1.807) is 55.0 Å². The van der Waals surface area contributed by atoms with Crippen molar-refractivity contribution >= 4 is 6.08 Å². The van der Waals surface area contributed by atoms with Crippen LogP contribution in [0.2, 0.25) is 0 Å². The number of hydrogen-bond acceptors (Lipinski definition) is 4. The van der Waals surface area contributed by atoms with Crippen molar-refractivity contribution in [1.29, 1.82) is 0 Å². The SMILES string of the molecule is [3H]c1cc(C)cc2c1C1(C(C(=[C-][N+](=O)[O-])[N+](=O)[O-])=Cc3cccc[n+]31)[n+]1ccccc1-2. The number of fused-ring (bicyclic) bond motifs is 7. The Labute approximate surface area is 172 Å². The van der Waals surface area contributed by atoms with Gasteiger partial charge in [0.1, 0.15) is 0 Å². The number of benzene rings is 1. The third kappa shape index (κ3) is 2.21. The van der Waals surface area contributed by atoms with Gasteiger partial charge in [-0.05, 0) is 42.2 Å². The second-order valence-electron chi connectivity index (χ2n) is 7.12. The predicted molar refractivity (Wildman–Crippen MR) is 105 cm³/mol. The molecule has 0 amide bonds. The molecule has 0 saturated carbocycles. The molecule has 3 aromatic rings. The smallest absolute Gasteiger partial charge is 0.278 e. The predicted octanol–water partition coefficient (Wildman–Crippen LogP) is 2.39. The first kappa shape index (κ1) is 16.7. The van der Waals surface area contributed by atoms with Gasteiger partial charge in [-0.25, -0.2) is 0 Å². The minimum absolute atomic E-state index is 0.0777. The number of aryl methyl sites for hydroxylation is 1. The molecule has 5 rings (SSSR count). The molecule has 8 nitrogen and oxygen atoms in total. The highest BCUT2D eigenvalue weighted by molar-refractivity contribution is 5.71. The maximum Gasteiger partial charge on any atom is 0.363 e. The Morgan fingerprint density at radius 1 is 1.10 bits per heavy atom. The van der Waals surface area contributed by atoms with Gasteiger partial charge in [0.25, 0.3) is 0 Å². The first-order valence-corrected chi connectivity index (χ1v) is 9.15. The molecule has 4 heterocycles. The molecule has 146 valence electrons. The van der Waals surface area contributed by atoms with Crippen LogP contribution in [0.15, 0.2) is 78.2 Å². The van der Waals surface area contributed by atoms with E-state index in [-0.39, 0.29) is 11.6 Å². The zero-order valence-corrected chi connectivity index (χ0v) is 15.8. The Balaban J connectivity index is 1.99. The topological polar surface area (TPSA) is 94.0 Å². The van der Waals surface area contributed by atoms with Gasteiger partial charge < -0.3 is 0 Å². The van der Waals surface area contributed by atoms with E-state index in [2.05, 4.69) is 0 Å². The van der Waals surface area contributed by atoms with Crippen LogP contribution in [0.3, 0.4) is 0 Å². The lowest BCUT2D eigenvalue weighted by Crippen LogP contribution is -2.72. The standard InChI is InChI=1S/C22H15N4O4/c1-15-8-9-18-17(12-15)20-7-3-5-11-24(20)22(18)19(21(26(29)30)14-25(27)28)13-16-6-2-4-10-23(16)22/h2-13H,1H3/q+1/i9T. The van der Waals surface area contributed by atoms with E-state index >= 15 is 0 Å². The lowest BCUT2D eigenvalue weighted by Gasteiger charge is -2.23. The van der Waals surface area contributed by atoms with Crippen molar-refractivity contribution in [2.24, 2.45) is 0 Å². The summed E-state index contributed by atoms with van der Waals surface area (Å²) in [7, 11) is 0. The summed E-state index contributed by atoms with van der Waals surface area (Å²) in [6.45, 7) is 1.88. The Kier molecular flexibility index (Phi) is 3.43. The molecule has 1 spiro atoms. The summed E-state index contributed by atoms with van der Waals surface area (Å²) in [5.74, 6) is 0. The zero-order valence-electron chi connectivity index (χ0n) is 16.8. The normalized spacial score (nSPS) is 19.0. The van der Waals surface area contributed by atoms with Gasteiger partial charge in [0.05, 0.1) is 12.5 Å². The van der Waals surface area contributed by atoms with Gasteiger partial charge in [-0.3, -0.25) is 20.2 Å². The van der Waals surface area contributed by atoms with Gasteiger partial charge in [-0.1, -0.05) is 11.6 Å². The summed E-state index contributed by atoms with van der Waals surface area (Å²) in [5, 5.41) is 23.2. The van der Waals surface area contributed by atoms with E-state index in [1.165, 1.54) is 0 Å². The van der Waals surface area contributed by atoms with Crippen molar-refractivity contribution in [3.63, 3.8) is 0 Å². The van der Waals surface area contributed by atoms with Crippen LogP contribution in [0.1, 0.15) is 18.2 Å². The molecular weight excluding hydrogens is 384 g/mol. The van der Waals surface area contributed by atoms with E-state index in [4.69, 9.17) is 1.37 Å². The number of hydrogen-bond donors (Lipinski definition) is 0. The molecule has 0 fully saturated rings. The van der Waals surface area contributed by atoms with Crippen molar-refractivity contribution in [1.82, 2.24) is 0 Å². The quantitative estimate of drug-likeness (QED) is 0.221. The molecule has 1 atom stereocenters. The van der Waals surface area contributed by atoms with E-state index in [0.717, 1.165) is 16.8 Å². The highest BCUT2D eigenvalue weighted by Gasteiger charge is 2.63. The van der Waals surface area contributed by atoms with E-state index in [9.17, 15) is 20.2 Å². The highest BCUT2D eigenvalue weighted by atomic mass is 16.6. The third-order valence-electron chi connectivity index (χ3n) is 5.46. The van der Waals surface area contributed by atoms with Crippen LogP contribution in [-0.4, -0.2) is 9.85 Å². The van der Waals surface area contributed by atoms with Crippen LogP contribution in [0.5, 0.6) is 0 Å². The largest absolute Gasteiger partial charge is 0.363 e. The molecule has 0 radical (unpaired) electrons. The molecule has 1 aromatic carbocycles. The summed E-state index contributed by atoms with van der Waals surface area (Å²) in [4.78, 5) is 21.5. The van der Waals surface area contributed by atoms with Crippen molar-refractivity contribution < 1.29 is 20.4 Å². The van der Waals surface area contributed by atoms with Gasteiger partial charge in [-0.15, -0.1) is 9.13 Å². The maximum atomic E-state index is 12.0. The van der Waals surface area contributed by atoms with Crippen LogP contribution in [-0.2, 0) is 5.66 Å². The fraction of sp³-hybridized carbons (Fsp3) is 0.0909. The third-order valence-corrected chi connectivity index (χ3v) is 5.46. The van der Waals surface area contributed by atoms with Crippen LogP contribution >= 0.6 is 0 Å². The average Bonchev–Trinajstić information content (AvgIpc) is 3.21. The first-order chi connectivity index (χ1) is 14.9. The van der Waals surface area contributed by atoms with Crippen LogP contribution in [0, 0.1) is 33.4 Å². The summed E-state index contributed by atoms with van der Waals surface area (Å²) >= 11 is 0. The average molecular weight is 401 g/mol. The summed E-state index contributed by atoms with van der Waals surface area (Å²) in [6, 6.07) is 14.7. The monoisotopic (exact) mass is 401 g/mol. The van der Waals surface area contributed by atoms with Crippen molar-refractivity contribution in [2.75, 3.05) is 0 Å². The summed E-state index contributed by atoms with van der Waals surface area (Å²) in [5.41, 5.74) is 1.50. The van der Waals surface area contributed by atoms with Crippen LogP contribution in [0.25, 0.3) is 17.3 Å². The molecule has 0 saturated heterocycles. The Bertz CT molecular complexity index is 1380. The first-order valence-electron chi connectivity index (χ1n) is 9.65. The van der Waals surface area contributed by atoms with Gasteiger partial charge in [0.15, 0.2) is 23.8 Å². The molecule has 30 heavy (non-hydrogen) atoms. The lowest BCUT2D eigenvalue weighted by molar-refractivity contribution is -0.961. The number of pyridine rings is 2. The minimum atomic E-state index is -1.36. The number of nitrogens with zero attached hydrogens (tertiary/aromatic N) is 4. The van der Waals surface area contributed by atoms with Crippen LogP contribution in [0.4, 0.5) is 0 Å². The van der Waals surface area contributed by atoms with E-state index in [1.807, 2.05) is 34.3 Å². The zero-order chi connectivity index (χ0) is 21.9. The molecule has 8 heteroatoms. The van der Waals surface area contributed by atoms with Crippen molar-refractivity contribution in [3.8, 4) is 11.3 Å². The fourth-order valence-electron chi connectivity index (χ4n) is 4.43. The van der Waals surface area contributed by atoms with Gasteiger partial charge in [-0.2, -0.15) is 0 Å². The second-order valence-corrected chi connectivity index (χ2v) is 7.12. The van der Waals surface area contributed by atoms with Gasteiger partial charge in [0.2, 0.25) is 11.9 Å². The Morgan fingerprint density at radius 2 is 1.83 bits per heavy atom. The van der Waals surface area contributed by atoms with Crippen LogP contribution < -0.4 is 9.13 Å². The van der Waals surface area contributed by atoms with Gasteiger partial charge >= 0.3 is 5.66 Å². The number of rotatable bonds is 3. The number of aromatic nitrogens is 2. The molecule has 2 aliphatic heterocycles.